The third-order valence-electron chi connectivity index (χ3n) is 8.60. The molecule has 0 radical (unpaired) electrons. The smallest absolute Gasteiger partial charge is 0.408 e. The van der Waals surface area contributed by atoms with Gasteiger partial charge in [0, 0.05) is 12.5 Å². The molecule has 0 spiro atoms. The van der Waals surface area contributed by atoms with Crippen LogP contribution in [0.2, 0.25) is 0 Å². The third kappa shape index (κ3) is 7.65. The van der Waals surface area contributed by atoms with Crippen LogP contribution in [0, 0.1) is 11.3 Å². The molecule has 1 aliphatic carbocycles. The van der Waals surface area contributed by atoms with Gasteiger partial charge in [-0.25, -0.2) is 4.79 Å². The van der Waals surface area contributed by atoms with E-state index in [0.29, 0.717) is 25.8 Å². The summed E-state index contributed by atoms with van der Waals surface area (Å²) in [7, 11) is -3.92. The zero-order chi connectivity index (χ0) is 31.3. The van der Waals surface area contributed by atoms with E-state index in [1.54, 1.807) is 6.08 Å². The Labute approximate surface area is 251 Å². The van der Waals surface area contributed by atoms with Gasteiger partial charge in [0.15, 0.2) is 0 Å². The summed E-state index contributed by atoms with van der Waals surface area (Å²) in [6.45, 7) is 15.6. The fourth-order valence-corrected chi connectivity index (χ4v) is 8.36. The molecule has 2 aliphatic rings. The van der Waals surface area contributed by atoms with E-state index >= 15 is 0 Å². The Morgan fingerprint density at radius 1 is 1.24 bits per heavy atom. The highest BCUT2D eigenvalue weighted by Gasteiger charge is 2.65. The molecule has 1 aliphatic heterocycles. The van der Waals surface area contributed by atoms with E-state index in [1.165, 1.54) is 4.90 Å². The zero-order valence-corrected chi connectivity index (χ0v) is 27.0. The van der Waals surface area contributed by atoms with Crippen LogP contribution in [0.5, 0.6) is 0 Å². The second kappa shape index (κ2) is 13.8. The summed E-state index contributed by atoms with van der Waals surface area (Å²) in [6, 6.07) is 5.83. The normalized spacial score (nSPS) is 24.7. The number of aryl methyl sites for hydroxylation is 1. The average molecular weight is 604 g/mol. The van der Waals surface area contributed by atoms with Crippen molar-refractivity contribution in [2.75, 3.05) is 6.54 Å². The highest BCUT2D eigenvalue weighted by atomic mass is 31.2. The minimum absolute atomic E-state index is 0.0518. The van der Waals surface area contributed by atoms with Gasteiger partial charge in [0.2, 0.25) is 19.2 Å². The number of amides is 3. The summed E-state index contributed by atoms with van der Waals surface area (Å²) in [5, 5.41) is 4.37. The van der Waals surface area contributed by atoms with E-state index in [1.807, 2.05) is 58.9 Å². The van der Waals surface area contributed by atoms with Gasteiger partial charge in [0.05, 0.1) is 6.16 Å². The largest absolute Gasteiger partial charge is 0.447 e. The van der Waals surface area contributed by atoms with Crippen LogP contribution < -0.4 is 10.6 Å². The summed E-state index contributed by atoms with van der Waals surface area (Å²) in [5.41, 5.74) is 1.14. The van der Waals surface area contributed by atoms with Crippen LogP contribution in [0.15, 0.2) is 36.9 Å². The van der Waals surface area contributed by atoms with Crippen molar-refractivity contribution in [3.05, 3.63) is 48.0 Å². The minimum atomic E-state index is -3.92. The number of nitrogens with zero attached hydrogens (tertiary/aromatic N) is 1. The summed E-state index contributed by atoms with van der Waals surface area (Å²) in [5.74, 6) is -1.16. The van der Waals surface area contributed by atoms with Gasteiger partial charge in [0.25, 0.3) is 0 Å². The Morgan fingerprint density at radius 2 is 1.90 bits per heavy atom. The number of nitrogens with one attached hydrogen (secondary N) is 2. The predicted molar refractivity (Wildman–Crippen MR) is 165 cm³/mol. The molecule has 42 heavy (non-hydrogen) atoms. The lowest BCUT2D eigenvalue weighted by Gasteiger charge is -2.36. The van der Waals surface area contributed by atoms with Crippen LogP contribution in [-0.4, -0.2) is 57.7 Å². The zero-order valence-electron chi connectivity index (χ0n) is 26.2. The molecule has 0 aromatic heterocycles. The first-order valence-corrected chi connectivity index (χ1v) is 17.2. The van der Waals surface area contributed by atoms with Crippen LogP contribution in [-0.2, 0) is 31.5 Å². The highest BCUT2D eigenvalue weighted by molar-refractivity contribution is 7.59. The Morgan fingerprint density at radius 3 is 2.48 bits per heavy atom. The van der Waals surface area contributed by atoms with Gasteiger partial charge in [-0.15, -0.1) is 6.58 Å². The van der Waals surface area contributed by atoms with Gasteiger partial charge in [0.1, 0.15) is 23.5 Å². The van der Waals surface area contributed by atoms with Gasteiger partial charge >= 0.3 is 6.09 Å². The lowest BCUT2D eigenvalue weighted by Crippen LogP contribution is -2.58. The number of unbranched alkanes of at least 4 members (excludes halogenated alkanes) is 1. The first kappa shape index (κ1) is 33.9. The van der Waals surface area contributed by atoms with Gasteiger partial charge < -0.3 is 25.2 Å². The van der Waals surface area contributed by atoms with Crippen LogP contribution in [0.3, 0.4) is 0 Å². The van der Waals surface area contributed by atoms with Crippen LogP contribution in [0.1, 0.15) is 91.2 Å². The number of alkyl carbamates (subject to hydrolysis) is 1. The van der Waals surface area contributed by atoms with Gasteiger partial charge in [-0.3, -0.25) is 14.2 Å². The van der Waals surface area contributed by atoms with Crippen molar-refractivity contribution in [3.63, 3.8) is 0 Å². The number of benzene rings is 1. The monoisotopic (exact) mass is 603 g/mol. The minimum Gasteiger partial charge on any atom is -0.447 e. The number of hydrogen-bond acceptors (Lipinski definition) is 5. The molecule has 234 valence electrons. The lowest BCUT2D eigenvalue weighted by atomic mass is 9.85. The van der Waals surface area contributed by atoms with Crippen molar-refractivity contribution in [1.82, 2.24) is 15.5 Å². The van der Waals surface area contributed by atoms with Crippen LogP contribution in [0.25, 0.3) is 0 Å². The van der Waals surface area contributed by atoms with Crippen molar-refractivity contribution in [2.45, 2.75) is 116 Å². The first-order valence-electron chi connectivity index (χ1n) is 15.3. The number of carbonyl (C=O) groups is 3. The van der Waals surface area contributed by atoms with Crippen molar-refractivity contribution in [2.24, 2.45) is 11.3 Å². The molecule has 1 saturated carbocycles. The Bertz CT molecular complexity index is 1200. The average Bonchev–Trinajstić information content (AvgIpc) is 3.43. The van der Waals surface area contributed by atoms with Crippen LogP contribution >= 0.6 is 7.37 Å². The fraction of sp³-hybridized carbons (Fsp3) is 0.656. The molecule has 1 saturated heterocycles. The summed E-state index contributed by atoms with van der Waals surface area (Å²) in [4.78, 5) is 53.3. The van der Waals surface area contributed by atoms with Crippen molar-refractivity contribution in [3.8, 4) is 0 Å². The second-order valence-corrected chi connectivity index (χ2v) is 15.5. The van der Waals surface area contributed by atoms with E-state index in [-0.39, 0.29) is 24.1 Å². The quantitative estimate of drug-likeness (QED) is 0.195. The molecule has 1 heterocycles. The lowest BCUT2D eigenvalue weighted by molar-refractivity contribution is -0.142. The van der Waals surface area contributed by atoms with Crippen molar-refractivity contribution < 1.29 is 28.6 Å². The number of carbonyl (C=O) groups excluding carboxylic acids is 3. The molecule has 1 aromatic rings. The Kier molecular flexibility index (Phi) is 11.1. The first-order chi connectivity index (χ1) is 19.7. The maximum atomic E-state index is 13.9. The third-order valence-corrected chi connectivity index (χ3v) is 11.2. The molecule has 2 fully saturated rings. The van der Waals surface area contributed by atoms with E-state index in [2.05, 4.69) is 24.1 Å². The number of hydrogen-bond donors (Lipinski definition) is 3. The van der Waals surface area contributed by atoms with E-state index < -0.39 is 42.1 Å². The molecule has 3 N–H and O–H groups in total. The SMILES string of the molecule is C=C[C@@H]1C[C@]1(NC(=O)[C@@H]1CCCN1C(=O)[C@@H](NC(=O)OC(C)CCCC)C(C)(C)C)P(=O)(O)Cc1ccccc1CC. The Balaban J connectivity index is 1.77. The molecule has 0 bridgehead atoms. The maximum absolute atomic E-state index is 13.9. The van der Waals surface area contributed by atoms with Crippen molar-refractivity contribution >= 4 is 25.3 Å². The summed E-state index contributed by atoms with van der Waals surface area (Å²) < 4.78 is 19.4. The molecule has 9 nitrogen and oxygen atoms in total. The molecule has 10 heteroatoms. The maximum Gasteiger partial charge on any atom is 0.408 e. The van der Waals surface area contributed by atoms with Gasteiger partial charge in [-0.1, -0.05) is 77.8 Å². The van der Waals surface area contributed by atoms with Gasteiger partial charge in [-0.05, 0) is 55.6 Å². The second-order valence-electron chi connectivity index (χ2n) is 12.9. The molecule has 3 rings (SSSR count). The van der Waals surface area contributed by atoms with E-state index in [9.17, 15) is 23.8 Å². The molecular formula is C32H50N3O6P. The molecule has 6 atom stereocenters. The highest BCUT2D eigenvalue weighted by Crippen LogP contribution is 2.71. The predicted octanol–water partition coefficient (Wildman–Crippen LogP) is 5.75. The number of likely N-dealkylation sites (tertiary alicyclic amines) is 1. The van der Waals surface area contributed by atoms with E-state index in [4.69, 9.17) is 4.74 Å². The fourth-order valence-electron chi connectivity index (χ4n) is 5.92. The number of rotatable bonds is 13. The summed E-state index contributed by atoms with van der Waals surface area (Å²) >= 11 is 0. The topological polar surface area (TPSA) is 125 Å². The molecule has 3 amide bonds. The Hall–Kier alpha value is -2.64. The number of ether oxygens (including phenoxy) is 1. The standard InChI is InChI=1S/C32H50N3O6P/c1-8-11-15-22(4)41-30(38)33-27(31(5,6)7)29(37)35-19-14-18-26(35)28(36)34-32(20-25(32)10-3)42(39,40)21-24-17-13-12-16-23(24)9-2/h10,12-13,16-17,22,25-27H,3,8-9,11,14-15,18-21H2,1-2,4-7H3,(H,33,38)(H,34,36)(H,39,40)/t22?,25-,26+,27-,32+/m1/s1. The molecular weight excluding hydrogens is 553 g/mol. The molecule has 1 aromatic carbocycles. The molecule has 2 unspecified atom stereocenters. The summed E-state index contributed by atoms with van der Waals surface area (Å²) in [6.07, 6.45) is 5.37. The van der Waals surface area contributed by atoms with Gasteiger partial charge in [-0.2, -0.15) is 0 Å². The van der Waals surface area contributed by atoms with E-state index in [0.717, 1.165) is 36.8 Å². The van der Waals surface area contributed by atoms with Crippen molar-refractivity contribution in [1.29, 1.82) is 0 Å². The van der Waals surface area contributed by atoms with Crippen LogP contribution in [0.4, 0.5) is 4.79 Å².